The lowest BCUT2D eigenvalue weighted by molar-refractivity contribution is 0.0175. The topological polar surface area (TPSA) is 163 Å². The van der Waals surface area contributed by atoms with Gasteiger partial charge in [-0.3, -0.25) is 0 Å². The lowest BCUT2D eigenvalue weighted by Crippen LogP contribution is -2.31. The Morgan fingerprint density at radius 2 is 1.55 bits per heavy atom. The summed E-state index contributed by atoms with van der Waals surface area (Å²) in [6.45, 7) is 0.719. The molecule has 2 aromatic carbocycles. The minimum Gasteiger partial charge on any atom is -0.507 e. The lowest BCUT2D eigenvalue weighted by atomic mass is 9.88. The fraction of sp³-hybridized carbons (Fsp3) is 0.400. The lowest BCUT2D eigenvalue weighted by Gasteiger charge is -2.34. The molecule has 156 valence electrons. The Hall–Kier alpha value is -3.04. The second-order valence-electron chi connectivity index (χ2n) is 7.49. The molecule has 8 N–H and O–H groups in total. The zero-order valence-electron chi connectivity index (χ0n) is 15.5. The highest BCUT2D eigenvalue weighted by Gasteiger charge is 2.38. The Kier molecular flexibility index (Phi) is 4.71. The molecule has 2 heterocycles. The zero-order chi connectivity index (χ0) is 20.9. The number of rotatable bonds is 2. The van der Waals surface area contributed by atoms with E-state index in [9.17, 15) is 35.7 Å². The summed E-state index contributed by atoms with van der Waals surface area (Å²) in [7, 11) is 0. The molecule has 29 heavy (non-hydrogen) atoms. The molecule has 3 atom stereocenters. The average molecular weight is 405 g/mol. The van der Waals surface area contributed by atoms with Crippen molar-refractivity contribution < 1.29 is 40.5 Å². The maximum absolute atomic E-state index is 10.8. The van der Waals surface area contributed by atoms with Crippen LogP contribution < -0.4 is 10.1 Å². The quantitative estimate of drug-likeness (QED) is 0.275. The van der Waals surface area contributed by atoms with E-state index in [-0.39, 0.29) is 40.7 Å². The number of aliphatic hydroxyl groups is 1. The minimum absolute atomic E-state index is 0.0954. The normalized spacial score (nSPS) is 24.0. The largest absolute Gasteiger partial charge is 0.507 e. The van der Waals surface area contributed by atoms with Gasteiger partial charge in [0.15, 0.2) is 34.9 Å². The molecule has 9 nitrogen and oxygen atoms in total. The second kappa shape index (κ2) is 7.09. The molecule has 0 bridgehead atoms. The van der Waals surface area contributed by atoms with Crippen molar-refractivity contribution >= 4 is 0 Å². The Bertz CT molecular complexity index is 931. The van der Waals surface area contributed by atoms with Crippen molar-refractivity contribution in [2.45, 2.75) is 43.9 Å². The number of benzene rings is 2. The first kappa shape index (κ1) is 19.3. The van der Waals surface area contributed by atoms with Crippen LogP contribution in [-0.4, -0.2) is 48.4 Å². The highest BCUT2D eigenvalue weighted by molar-refractivity contribution is 5.67. The van der Waals surface area contributed by atoms with Gasteiger partial charge in [0.05, 0.1) is 11.7 Å². The summed E-state index contributed by atoms with van der Waals surface area (Å²) in [4.78, 5) is 0. The predicted molar refractivity (Wildman–Crippen MR) is 101 cm³/mol. The van der Waals surface area contributed by atoms with Crippen LogP contribution in [0.4, 0.5) is 0 Å². The third-order valence-corrected chi connectivity index (χ3v) is 5.60. The standard InChI is InChI=1S/C20H23NO8/c22-11-5-8(6-12(23)16(11)26)19-13(24)7-9-15(25)14(10-3-1-2-4-21-10)17(27)18(28)20(9)29-19/h5-6,10,13,19,21-28H,1-4,7H2. The number of hydrogen-bond donors (Lipinski definition) is 8. The molecule has 0 amide bonds. The molecule has 1 saturated heterocycles. The van der Waals surface area contributed by atoms with Crippen molar-refractivity contribution in [2.75, 3.05) is 6.54 Å². The van der Waals surface area contributed by atoms with E-state index in [4.69, 9.17) is 4.74 Å². The molecule has 9 heteroatoms. The molecule has 3 unspecified atom stereocenters. The van der Waals surface area contributed by atoms with Crippen molar-refractivity contribution in [1.82, 2.24) is 5.32 Å². The van der Waals surface area contributed by atoms with E-state index in [2.05, 4.69) is 5.32 Å². The highest BCUT2D eigenvalue weighted by Crippen LogP contribution is 2.54. The third kappa shape index (κ3) is 3.12. The molecule has 0 saturated carbocycles. The van der Waals surface area contributed by atoms with Crippen LogP contribution in [0.3, 0.4) is 0 Å². The molecule has 1 fully saturated rings. The Morgan fingerprint density at radius 1 is 0.862 bits per heavy atom. The first-order chi connectivity index (χ1) is 13.8. The van der Waals surface area contributed by atoms with Gasteiger partial charge >= 0.3 is 0 Å². The smallest absolute Gasteiger partial charge is 0.201 e. The van der Waals surface area contributed by atoms with E-state index in [1.54, 1.807) is 0 Å². The van der Waals surface area contributed by atoms with Crippen molar-refractivity contribution in [1.29, 1.82) is 0 Å². The maximum Gasteiger partial charge on any atom is 0.201 e. The summed E-state index contributed by atoms with van der Waals surface area (Å²) in [5.74, 6) is -3.38. The molecular formula is C20H23NO8. The van der Waals surface area contributed by atoms with Crippen LogP contribution in [0.2, 0.25) is 0 Å². The number of aromatic hydroxyl groups is 6. The minimum atomic E-state index is -1.19. The van der Waals surface area contributed by atoms with Crippen molar-refractivity contribution in [2.24, 2.45) is 0 Å². The van der Waals surface area contributed by atoms with Gasteiger partial charge in [0.1, 0.15) is 5.75 Å². The van der Waals surface area contributed by atoms with Crippen LogP contribution in [0.25, 0.3) is 0 Å². The number of phenols is 6. The molecule has 0 spiro atoms. The van der Waals surface area contributed by atoms with Gasteiger partial charge < -0.3 is 45.8 Å². The van der Waals surface area contributed by atoms with Crippen molar-refractivity contribution in [3.63, 3.8) is 0 Å². The SMILES string of the molecule is Oc1cc(C2Oc3c(O)c(O)c(C4CCCCN4)c(O)c3CC2O)cc(O)c1O. The summed E-state index contributed by atoms with van der Waals surface area (Å²) in [6.07, 6.45) is 0.157. The van der Waals surface area contributed by atoms with E-state index in [0.29, 0.717) is 6.42 Å². The van der Waals surface area contributed by atoms with Crippen LogP contribution in [-0.2, 0) is 6.42 Å². The van der Waals surface area contributed by atoms with Gasteiger partial charge in [0.2, 0.25) is 5.75 Å². The van der Waals surface area contributed by atoms with Gasteiger partial charge in [-0.15, -0.1) is 0 Å². The van der Waals surface area contributed by atoms with Gasteiger partial charge in [-0.1, -0.05) is 6.42 Å². The zero-order valence-corrected chi connectivity index (χ0v) is 15.5. The van der Waals surface area contributed by atoms with Crippen LogP contribution in [0.15, 0.2) is 12.1 Å². The van der Waals surface area contributed by atoms with E-state index in [0.717, 1.165) is 31.5 Å². The molecule has 2 aromatic rings. The van der Waals surface area contributed by atoms with Gasteiger partial charge in [-0.05, 0) is 31.5 Å². The monoisotopic (exact) mass is 405 g/mol. The van der Waals surface area contributed by atoms with Crippen molar-refractivity contribution in [3.8, 4) is 40.2 Å². The van der Waals surface area contributed by atoms with Crippen LogP contribution in [0.5, 0.6) is 40.2 Å². The number of nitrogens with one attached hydrogen (secondary N) is 1. The number of ether oxygens (including phenoxy) is 1. The van der Waals surface area contributed by atoms with E-state index in [1.165, 1.54) is 0 Å². The second-order valence-corrected chi connectivity index (χ2v) is 7.49. The molecule has 2 aliphatic rings. The van der Waals surface area contributed by atoms with Gasteiger partial charge in [-0.2, -0.15) is 0 Å². The number of hydrogen-bond acceptors (Lipinski definition) is 9. The summed E-state index contributed by atoms with van der Waals surface area (Å²) in [6, 6.07) is 1.90. The summed E-state index contributed by atoms with van der Waals surface area (Å²) < 4.78 is 5.67. The van der Waals surface area contributed by atoms with E-state index in [1.807, 2.05) is 0 Å². The Balaban J connectivity index is 1.76. The Labute approximate surface area is 166 Å². The molecule has 0 aliphatic carbocycles. The predicted octanol–water partition coefficient (Wildman–Crippen LogP) is 1.77. The molecular weight excluding hydrogens is 382 g/mol. The van der Waals surface area contributed by atoms with Gasteiger partial charge in [0, 0.05) is 23.6 Å². The van der Waals surface area contributed by atoms with E-state index < -0.39 is 41.0 Å². The third-order valence-electron chi connectivity index (χ3n) is 5.60. The van der Waals surface area contributed by atoms with Crippen LogP contribution in [0.1, 0.15) is 48.1 Å². The van der Waals surface area contributed by atoms with Crippen LogP contribution in [0, 0.1) is 0 Å². The van der Waals surface area contributed by atoms with Crippen molar-refractivity contribution in [3.05, 3.63) is 28.8 Å². The number of phenolic OH excluding ortho intramolecular Hbond substituents is 6. The molecule has 0 radical (unpaired) electrons. The number of piperidine rings is 1. The Morgan fingerprint density at radius 3 is 2.17 bits per heavy atom. The number of aliphatic hydroxyl groups excluding tert-OH is 1. The highest BCUT2D eigenvalue weighted by atomic mass is 16.5. The molecule has 0 aromatic heterocycles. The average Bonchev–Trinajstić information content (AvgIpc) is 2.70. The summed E-state index contributed by atoms with van der Waals surface area (Å²) >= 11 is 0. The first-order valence-corrected chi connectivity index (χ1v) is 9.42. The first-order valence-electron chi connectivity index (χ1n) is 9.42. The molecule has 2 aliphatic heterocycles. The summed E-state index contributed by atoms with van der Waals surface area (Å²) in [5.41, 5.74) is 0.487. The van der Waals surface area contributed by atoms with Gasteiger partial charge in [-0.25, -0.2) is 0 Å². The molecule has 4 rings (SSSR count). The maximum atomic E-state index is 10.8. The fourth-order valence-electron chi connectivity index (χ4n) is 4.11. The van der Waals surface area contributed by atoms with Crippen LogP contribution >= 0.6 is 0 Å². The van der Waals surface area contributed by atoms with Gasteiger partial charge in [0.25, 0.3) is 0 Å². The number of fused-ring (bicyclic) bond motifs is 1. The fourth-order valence-corrected chi connectivity index (χ4v) is 4.11. The summed E-state index contributed by atoms with van der Waals surface area (Å²) in [5, 5.41) is 74.6. The van der Waals surface area contributed by atoms with E-state index >= 15 is 0 Å².